The molecule has 1 heterocycles. The highest BCUT2D eigenvalue weighted by Gasteiger charge is 2.19. The Morgan fingerprint density at radius 1 is 1.00 bits per heavy atom. The lowest BCUT2D eigenvalue weighted by Crippen LogP contribution is -2.16. The van der Waals surface area contributed by atoms with Crippen LogP contribution in [-0.2, 0) is 10.0 Å². The van der Waals surface area contributed by atoms with E-state index in [0.717, 1.165) is 12.1 Å². The third-order valence-electron chi connectivity index (χ3n) is 3.81. The fourth-order valence-corrected chi connectivity index (χ4v) is 3.70. The van der Waals surface area contributed by atoms with Gasteiger partial charge in [0.25, 0.3) is 10.0 Å². The molecule has 3 rings (SSSR count). The third kappa shape index (κ3) is 3.28. The molecule has 136 valence electrons. The maximum absolute atomic E-state index is 14.1. The first-order valence-corrected chi connectivity index (χ1v) is 9.11. The van der Waals surface area contributed by atoms with Crippen LogP contribution in [0.15, 0.2) is 59.5 Å². The molecule has 0 saturated carbocycles. The molecule has 1 N–H and O–H groups in total. The molecule has 1 aromatic heterocycles. The minimum Gasteiger partial charge on any atom is -0.491 e. The van der Waals surface area contributed by atoms with Gasteiger partial charge in [0.05, 0.1) is 17.7 Å². The summed E-state index contributed by atoms with van der Waals surface area (Å²) in [4.78, 5) is 0.0810. The molecule has 0 aliphatic carbocycles. The van der Waals surface area contributed by atoms with E-state index in [-0.39, 0.29) is 16.4 Å². The molecular weight excluding hydrogens is 362 g/mol. The average Bonchev–Trinajstić information content (AvgIpc) is 2.95. The van der Waals surface area contributed by atoms with Crippen molar-refractivity contribution in [1.29, 1.82) is 0 Å². The third-order valence-corrected chi connectivity index (χ3v) is 5.18. The summed E-state index contributed by atoms with van der Waals surface area (Å²) < 4.78 is 61.7. The van der Waals surface area contributed by atoms with Crippen molar-refractivity contribution in [2.24, 2.45) is 0 Å². The van der Waals surface area contributed by atoms with Gasteiger partial charge < -0.3 is 4.74 Å². The lowest BCUT2D eigenvalue weighted by molar-refractivity contribution is 0.359. The summed E-state index contributed by atoms with van der Waals surface area (Å²) in [6, 6.07) is 13.1. The second-order valence-electron chi connectivity index (χ2n) is 5.56. The highest BCUT2D eigenvalue weighted by atomic mass is 32.2. The number of aryl methyl sites for hydroxylation is 1. The Bertz CT molecular complexity index is 1020. The van der Waals surface area contributed by atoms with E-state index in [1.165, 1.54) is 29.9 Å². The number of hydrogen-bond donors (Lipinski definition) is 1. The van der Waals surface area contributed by atoms with Crippen molar-refractivity contribution >= 4 is 15.8 Å². The summed E-state index contributed by atoms with van der Waals surface area (Å²) in [5.74, 6) is -2.10. The number of ether oxygens (including phenoxy) is 1. The standard InChI is InChI=1S/C18H16F2N2O3S/c1-12-8-9-17(21-26(23,24)14-6-4-3-5-7-14)22(12)13-10-15(19)18(25-2)16(20)11-13/h3-11,21H,1-2H3. The Labute approximate surface area is 149 Å². The van der Waals surface area contributed by atoms with Gasteiger partial charge in [-0.15, -0.1) is 0 Å². The van der Waals surface area contributed by atoms with E-state index in [2.05, 4.69) is 9.46 Å². The predicted molar refractivity (Wildman–Crippen MR) is 94.2 cm³/mol. The number of methoxy groups -OCH3 is 1. The molecule has 2 aromatic carbocycles. The SMILES string of the molecule is COc1c(F)cc(-n2c(C)ccc2NS(=O)(=O)c2ccccc2)cc1F. The minimum absolute atomic E-state index is 0.0810. The molecule has 3 aromatic rings. The van der Waals surface area contributed by atoms with Crippen molar-refractivity contribution in [1.82, 2.24) is 4.57 Å². The number of benzene rings is 2. The van der Waals surface area contributed by atoms with E-state index >= 15 is 0 Å². The van der Waals surface area contributed by atoms with E-state index in [9.17, 15) is 17.2 Å². The van der Waals surface area contributed by atoms with E-state index < -0.39 is 27.4 Å². The molecule has 0 aliphatic rings. The molecule has 0 amide bonds. The molecule has 0 aliphatic heterocycles. The van der Waals surface area contributed by atoms with Gasteiger partial charge >= 0.3 is 0 Å². The van der Waals surface area contributed by atoms with Gasteiger partial charge in [-0.2, -0.15) is 0 Å². The van der Waals surface area contributed by atoms with Gasteiger partial charge in [-0.3, -0.25) is 9.29 Å². The highest BCUT2D eigenvalue weighted by molar-refractivity contribution is 7.92. The summed E-state index contributed by atoms with van der Waals surface area (Å²) in [7, 11) is -2.68. The van der Waals surface area contributed by atoms with Crippen molar-refractivity contribution in [3.8, 4) is 11.4 Å². The number of anilines is 1. The molecule has 0 radical (unpaired) electrons. The Morgan fingerprint density at radius 3 is 2.19 bits per heavy atom. The van der Waals surface area contributed by atoms with E-state index in [1.807, 2.05) is 0 Å². The lowest BCUT2D eigenvalue weighted by atomic mass is 10.2. The maximum Gasteiger partial charge on any atom is 0.263 e. The second-order valence-corrected chi connectivity index (χ2v) is 7.24. The monoisotopic (exact) mass is 378 g/mol. The van der Waals surface area contributed by atoms with Gasteiger partial charge in [-0.05, 0) is 31.2 Å². The summed E-state index contributed by atoms with van der Waals surface area (Å²) >= 11 is 0. The molecule has 0 fully saturated rings. The van der Waals surface area contributed by atoms with Crippen LogP contribution >= 0.6 is 0 Å². The van der Waals surface area contributed by atoms with Crippen LogP contribution in [-0.4, -0.2) is 20.1 Å². The van der Waals surface area contributed by atoms with Crippen molar-refractivity contribution in [3.05, 3.63) is 71.9 Å². The van der Waals surface area contributed by atoms with Crippen molar-refractivity contribution < 1.29 is 21.9 Å². The predicted octanol–water partition coefficient (Wildman–Crippen LogP) is 3.87. The van der Waals surface area contributed by atoms with Crippen LogP contribution in [0.4, 0.5) is 14.6 Å². The highest BCUT2D eigenvalue weighted by Crippen LogP contribution is 2.29. The van der Waals surface area contributed by atoms with Gasteiger partial charge in [0.1, 0.15) is 5.82 Å². The smallest absolute Gasteiger partial charge is 0.263 e. The summed E-state index contributed by atoms with van der Waals surface area (Å²) in [5, 5.41) is 0. The van der Waals surface area contributed by atoms with Gasteiger partial charge in [-0.1, -0.05) is 18.2 Å². The Kier molecular flexibility index (Phi) is 4.69. The Hall–Kier alpha value is -2.87. The summed E-state index contributed by atoms with van der Waals surface area (Å²) in [6.07, 6.45) is 0. The fourth-order valence-electron chi connectivity index (χ4n) is 2.63. The van der Waals surface area contributed by atoms with Crippen LogP contribution in [0.2, 0.25) is 0 Å². The zero-order chi connectivity index (χ0) is 18.9. The number of sulfonamides is 1. The Balaban J connectivity index is 2.06. The van der Waals surface area contributed by atoms with Crippen LogP contribution in [0.5, 0.6) is 5.75 Å². The number of hydrogen-bond acceptors (Lipinski definition) is 3. The van der Waals surface area contributed by atoms with Gasteiger partial charge in [-0.25, -0.2) is 17.2 Å². The zero-order valence-corrected chi connectivity index (χ0v) is 14.8. The normalized spacial score (nSPS) is 11.4. The van der Waals surface area contributed by atoms with Gasteiger partial charge in [0.2, 0.25) is 0 Å². The van der Waals surface area contributed by atoms with Crippen LogP contribution in [0, 0.1) is 18.6 Å². The zero-order valence-electron chi connectivity index (χ0n) is 14.0. The van der Waals surface area contributed by atoms with Crippen LogP contribution in [0.1, 0.15) is 5.69 Å². The molecule has 26 heavy (non-hydrogen) atoms. The number of nitrogens with zero attached hydrogens (tertiary/aromatic N) is 1. The fraction of sp³-hybridized carbons (Fsp3) is 0.111. The van der Waals surface area contributed by atoms with E-state index in [1.54, 1.807) is 31.2 Å². The number of rotatable bonds is 5. The molecule has 0 unspecified atom stereocenters. The molecule has 5 nitrogen and oxygen atoms in total. The first-order chi connectivity index (χ1) is 12.3. The number of halogens is 2. The second kappa shape index (κ2) is 6.80. The van der Waals surface area contributed by atoms with Crippen LogP contribution in [0.25, 0.3) is 5.69 Å². The van der Waals surface area contributed by atoms with Crippen molar-refractivity contribution in [3.63, 3.8) is 0 Å². The summed E-state index contributed by atoms with van der Waals surface area (Å²) in [5.41, 5.74) is 0.730. The van der Waals surface area contributed by atoms with Crippen molar-refractivity contribution in [2.45, 2.75) is 11.8 Å². The molecule has 0 spiro atoms. The molecule has 0 atom stereocenters. The van der Waals surface area contributed by atoms with Gasteiger partial charge in [0.15, 0.2) is 17.4 Å². The quantitative estimate of drug-likeness (QED) is 0.733. The minimum atomic E-state index is -3.85. The van der Waals surface area contributed by atoms with Gasteiger partial charge in [0, 0.05) is 17.8 Å². The molecule has 0 bridgehead atoms. The summed E-state index contributed by atoms with van der Waals surface area (Å²) in [6.45, 7) is 1.69. The van der Waals surface area contributed by atoms with E-state index in [0.29, 0.717) is 5.69 Å². The Morgan fingerprint density at radius 2 is 1.62 bits per heavy atom. The van der Waals surface area contributed by atoms with Crippen LogP contribution in [0.3, 0.4) is 0 Å². The molecule has 8 heteroatoms. The average molecular weight is 378 g/mol. The largest absolute Gasteiger partial charge is 0.491 e. The number of aromatic nitrogens is 1. The van der Waals surface area contributed by atoms with E-state index in [4.69, 9.17) is 0 Å². The molecule has 0 saturated heterocycles. The van der Waals surface area contributed by atoms with Crippen molar-refractivity contribution in [2.75, 3.05) is 11.8 Å². The lowest BCUT2D eigenvalue weighted by Gasteiger charge is -2.15. The first-order valence-electron chi connectivity index (χ1n) is 7.63. The number of nitrogens with one attached hydrogen (secondary N) is 1. The van der Waals surface area contributed by atoms with Crippen LogP contribution < -0.4 is 9.46 Å². The topological polar surface area (TPSA) is 60.3 Å². The first kappa shape index (κ1) is 17.9. The molecular formula is C18H16F2N2O3S. The maximum atomic E-state index is 14.1.